The number of nitrogens with one attached hydrogen (secondary N) is 1. The highest BCUT2D eigenvalue weighted by Crippen LogP contribution is 2.20. The van der Waals surface area contributed by atoms with Crippen molar-refractivity contribution in [3.63, 3.8) is 0 Å². The fourth-order valence-electron chi connectivity index (χ4n) is 1.57. The maximum atomic E-state index is 10.9. The summed E-state index contributed by atoms with van der Waals surface area (Å²) >= 11 is 0. The van der Waals surface area contributed by atoms with Gasteiger partial charge in [-0.3, -0.25) is 4.79 Å². The van der Waals surface area contributed by atoms with E-state index in [0.29, 0.717) is 17.9 Å². The van der Waals surface area contributed by atoms with Crippen LogP contribution in [0.3, 0.4) is 0 Å². The first-order valence-corrected chi connectivity index (χ1v) is 6.22. The van der Waals surface area contributed by atoms with Gasteiger partial charge in [0.2, 0.25) is 11.6 Å². The number of amides is 1. The van der Waals surface area contributed by atoms with Crippen LogP contribution in [0, 0.1) is 0 Å². The number of hydrazone groups is 1. The molecule has 2 heterocycles. The number of hydrazine groups is 2. The zero-order valence-corrected chi connectivity index (χ0v) is 11.9. The molecule has 110 valence electrons. The molecule has 0 saturated heterocycles. The SMILES string of the molecule is C=[N+](c1nc(-c2cccc(CNC(C)=O)n2)co1)N(C)N. The van der Waals surface area contributed by atoms with Gasteiger partial charge in [0.1, 0.15) is 5.69 Å². The number of nitrogens with zero attached hydrogens (tertiary/aromatic N) is 4. The molecule has 0 fully saturated rings. The van der Waals surface area contributed by atoms with Crippen molar-refractivity contribution in [1.29, 1.82) is 0 Å². The van der Waals surface area contributed by atoms with Crippen molar-refractivity contribution >= 4 is 18.6 Å². The van der Waals surface area contributed by atoms with Gasteiger partial charge in [-0.05, 0) is 12.1 Å². The number of hydrogen-bond acceptors (Lipinski definition) is 6. The van der Waals surface area contributed by atoms with E-state index < -0.39 is 0 Å². The molecule has 0 saturated carbocycles. The van der Waals surface area contributed by atoms with Gasteiger partial charge >= 0.3 is 6.01 Å². The van der Waals surface area contributed by atoms with Gasteiger partial charge in [-0.1, -0.05) is 10.8 Å². The molecule has 0 aliphatic heterocycles. The Morgan fingerprint density at radius 1 is 1.48 bits per heavy atom. The van der Waals surface area contributed by atoms with E-state index in [0.717, 1.165) is 5.69 Å². The van der Waals surface area contributed by atoms with E-state index in [4.69, 9.17) is 10.3 Å². The molecule has 0 atom stereocenters. The molecule has 0 spiro atoms. The second kappa shape index (κ2) is 6.14. The Labute approximate surface area is 121 Å². The molecule has 2 aromatic heterocycles. The van der Waals surface area contributed by atoms with Crippen molar-refractivity contribution in [2.45, 2.75) is 13.5 Å². The largest absolute Gasteiger partial charge is 0.528 e. The molecule has 2 aromatic rings. The number of oxazole rings is 1. The Bertz CT molecular complexity index is 664. The highest BCUT2D eigenvalue weighted by molar-refractivity contribution is 5.72. The molecule has 0 radical (unpaired) electrons. The molecule has 0 aliphatic carbocycles. The van der Waals surface area contributed by atoms with E-state index in [9.17, 15) is 4.79 Å². The van der Waals surface area contributed by atoms with Gasteiger partial charge in [0.25, 0.3) is 0 Å². The van der Waals surface area contributed by atoms with Crippen LogP contribution < -0.4 is 11.2 Å². The monoisotopic (exact) mass is 289 g/mol. The van der Waals surface area contributed by atoms with E-state index in [1.54, 1.807) is 13.1 Å². The quantitative estimate of drug-likeness (QED) is 0.358. The summed E-state index contributed by atoms with van der Waals surface area (Å²) in [6.45, 7) is 5.51. The van der Waals surface area contributed by atoms with Gasteiger partial charge in [-0.2, -0.15) is 5.12 Å². The van der Waals surface area contributed by atoms with Crippen LogP contribution in [0.2, 0.25) is 0 Å². The predicted molar refractivity (Wildman–Crippen MR) is 76.2 cm³/mol. The average molecular weight is 289 g/mol. The third kappa shape index (κ3) is 3.63. The maximum Gasteiger partial charge on any atom is 0.528 e. The lowest BCUT2D eigenvalue weighted by Crippen LogP contribution is -2.33. The average Bonchev–Trinajstić information content (AvgIpc) is 2.94. The summed E-state index contributed by atoms with van der Waals surface area (Å²) < 4.78 is 6.61. The van der Waals surface area contributed by atoms with Crippen molar-refractivity contribution < 1.29 is 13.9 Å². The lowest BCUT2D eigenvalue weighted by Gasteiger charge is -2.05. The molecular formula is C13H17N6O2+. The zero-order chi connectivity index (χ0) is 15.4. The van der Waals surface area contributed by atoms with Crippen LogP contribution in [0.25, 0.3) is 11.4 Å². The normalized spacial score (nSPS) is 10.2. The first-order valence-electron chi connectivity index (χ1n) is 6.22. The molecule has 0 bridgehead atoms. The fourth-order valence-corrected chi connectivity index (χ4v) is 1.57. The second-order valence-electron chi connectivity index (χ2n) is 4.41. The Balaban J connectivity index is 2.20. The van der Waals surface area contributed by atoms with E-state index in [-0.39, 0.29) is 11.9 Å². The zero-order valence-electron chi connectivity index (χ0n) is 11.9. The van der Waals surface area contributed by atoms with Crippen molar-refractivity contribution in [2.75, 3.05) is 7.05 Å². The van der Waals surface area contributed by atoms with Gasteiger partial charge in [0, 0.05) is 11.9 Å². The number of rotatable bonds is 5. The molecule has 0 aromatic carbocycles. The van der Waals surface area contributed by atoms with Crippen molar-refractivity contribution in [1.82, 2.24) is 20.4 Å². The molecular weight excluding hydrogens is 272 g/mol. The lowest BCUT2D eigenvalue weighted by atomic mass is 10.2. The van der Waals surface area contributed by atoms with E-state index in [2.05, 4.69) is 22.0 Å². The summed E-state index contributed by atoms with van der Waals surface area (Å²) in [5, 5.41) is 3.94. The minimum Gasteiger partial charge on any atom is -0.390 e. The number of carbonyl (C=O) groups excluding carboxylic acids is 1. The molecule has 0 unspecified atom stereocenters. The Morgan fingerprint density at radius 3 is 2.90 bits per heavy atom. The van der Waals surface area contributed by atoms with Gasteiger partial charge in [-0.25, -0.2) is 10.8 Å². The summed E-state index contributed by atoms with van der Waals surface area (Å²) in [7, 11) is 1.61. The topological polar surface area (TPSA) is 100 Å². The van der Waals surface area contributed by atoms with Crippen LogP contribution in [0.1, 0.15) is 12.6 Å². The van der Waals surface area contributed by atoms with Gasteiger partial charge in [0.05, 0.1) is 26.0 Å². The van der Waals surface area contributed by atoms with Gasteiger partial charge in [-0.15, -0.1) is 0 Å². The van der Waals surface area contributed by atoms with Crippen LogP contribution in [0.5, 0.6) is 0 Å². The molecule has 8 nitrogen and oxygen atoms in total. The highest BCUT2D eigenvalue weighted by atomic mass is 16.4. The fraction of sp³-hybridized carbons (Fsp3) is 0.231. The van der Waals surface area contributed by atoms with Crippen molar-refractivity contribution in [3.8, 4) is 11.4 Å². The first-order chi connectivity index (χ1) is 9.97. The number of pyridine rings is 1. The Morgan fingerprint density at radius 2 is 2.24 bits per heavy atom. The van der Waals surface area contributed by atoms with Crippen LogP contribution in [0.15, 0.2) is 28.9 Å². The minimum absolute atomic E-state index is 0.107. The third-order valence-corrected chi connectivity index (χ3v) is 2.68. The lowest BCUT2D eigenvalue weighted by molar-refractivity contribution is -0.625. The number of nitrogens with two attached hydrogens (primary N) is 1. The van der Waals surface area contributed by atoms with Crippen LogP contribution in [0.4, 0.5) is 6.01 Å². The Kier molecular flexibility index (Phi) is 4.29. The molecule has 8 heteroatoms. The summed E-state index contributed by atoms with van der Waals surface area (Å²) in [4.78, 5) is 19.6. The number of carbonyl (C=O) groups is 1. The van der Waals surface area contributed by atoms with E-state index in [1.807, 2.05) is 12.1 Å². The van der Waals surface area contributed by atoms with Crippen molar-refractivity contribution in [2.24, 2.45) is 5.84 Å². The van der Waals surface area contributed by atoms with E-state index in [1.165, 1.54) is 23.0 Å². The second-order valence-corrected chi connectivity index (χ2v) is 4.41. The molecule has 2 rings (SSSR count). The summed E-state index contributed by atoms with van der Waals surface area (Å²) in [5.74, 6) is 5.44. The maximum absolute atomic E-state index is 10.9. The van der Waals surface area contributed by atoms with Crippen molar-refractivity contribution in [3.05, 3.63) is 30.2 Å². The first kappa shape index (κ1) is 14.7. The van der Waals surface area contributed by atoms with E-state index >= 15 is 0 Å². The predicted octanol–water partition coefficient (Wildman–Crippen LogP) is 0.438. The smallest absolute Gasteiger partial charge is 0.390 e. The minimum atomic E-state index is -0.107. The highest BCUT2D eigenvalue weighted by Gasteiger charge is 2.21. The Hall–Kier alpha value is -2.74. The molecule has 0 aliphatic rings. The van der Waals surface area contributed by atoms with Crippen LogP contribution in [-0.4, -0.2) is 39.4 Å². The van der Waals surface area contributed by atoms with Crippen LogP contribution >= 0.6 is 0 Å². The number of hydrogen-bond donors (Lipinski definition) is 2. The molecule has 21 heavy (non-hydrogen) atoms. The molecule has 3 N–H and O–H groups in total. The molecule has 1 amide bonds. The third-order valence-electron chi connectivity index (χ3n) is 2.68. The summed E-state index contributed by atoms with van der Waals surface area (Å²) in [6, 6.07) is 5.72. The standard InChI is InChI=1S/C13H16N6O2/c1-9(20)15-7-10-5-4-6-11(16-10)12-8-21-13(17-12)18(2)19(3)14/h4-6,8H,2,7,14H2,1,3H3/p+1. The number of aromatic nitrogens is 2. The van der Waals surface area contributed by atoms with Gasteiger partial charge in [0.15, 0.2) is 6.26 Å². The summed E-state index contributed by atoms with van der Waals surface area (Å²) in [6.07, 6.45) is 1.47. The summed E-state index contributed by atoms with van der Waals surface area (Å²) in [5.41, 5.74) is 1.93. The van der Waals surface area contributed by atoms with Gasteiger partial charge < -0.3 is 9.73 Å². The van der Waals surface area contributed by atoms with Crippen LogP contribution in [-0.2, 0) is 11.3 Å².